The lowest BCUT2D eigenvalue weighted by Gasteiger charge is -2.32. The number of hydrogen-bond acceptors (Lipinski definition) is 4. The molecular formula is C11H18N2O4. The minimum atomic E-state index is -0.908. The molecule has 1 fully saturated rings. The molecule has 1 atom stereocenters. The van der Waals surface area contributed by atoms with E-state index in [1.807, 2.05) is 0 Å². The van der Waals surface area contributed by atoms with Crippen molar-refractivity contribution in [3.05, 3.63) is 12.7 Å². The van der Waals surface area contributed by atoms with Crippen LogP contribution in [0.1, 0.15) is 6.42 Å². The van der Waals surface area contributed by atoms with Gasteiger partial charge in [-0.1, -0.05) is 6.08 Å². The van der Waals surface area contributed by atoms with Gasteiger partial charge in [0.05, 0.1) is 25.7 Å². The Morgan fingerprint density at radius 1 is 1.59 bits per heavy atom. The first kappa shape index (κ1) is 13.7. The predicted octanol–water partition coefficient (Wildman–Crippen LogP) is -0.536. The molecule has 1 unspecified atom stereocenters. The van der Waals surface area contributed by atoms with Gasteiger partial charge in [-0.25, -0.2) is 0 Å². The first-order chi connectivity index (χ1) is 8.13. The van der Waals surface area contributed by atoms with Gasteiger partial charge >= 0.3 is 5.97 Å². The third-order valence-electron chi connectivity index (χ3n) is 2.46. The van der Waals surface area contributed by atoms with Crippen molar-refractivity contribution >= 4 is 11.9 Å². The van der Waals surface area contributed by atoms with Gasteiger partial charge in [-0.15, -0.1) is 6.58 Å². The van der Waals surface area contributed by atoms with Crippen LogP contribution < -0.4 is 5.32 Å². The number of ether oxygens (including phenoxy) is 1. The molecule has 17 heavy (non-hydrogen) atoms. The van der Waals surface area contributed by atoms with Crippen LogP contribution in [0.15, 0.2) is 12.7 Å². The number of nitrogens with one attached hydrogen (secondary N) is 1. The fourth-order valence-corrected chi connectivity index (χ4v) is 1.66. The zero-order chi connectivity index (χ0) is 12.7. The average molecular weight is 242 g/mol. The number of morpholine rings is 1. The van der Waals surface area contributed by atoms with Crippen LogP contribution in [0.25, 0.3) is 0 Å². The van der Waals surface area contributed by atoms with E-state index in [0.717, 1.165) is 0 Å². The van der Waals surface area contributed by atoms with Crippen LogP contribution >= 0.6 is 0 Å². The molecule has 0 aliphatic carbocycles. The molecule has 6 nitrogen and oxygen atoms in total. The van der Waals surface area contributed by atoms with Gasteiger partial charge in [-0.05, 0) is 0 Å². The highest BCUT2D eigenvalue weighted by Crippen LogP contribution is 2.08. The Labute approximate surface area is 100 Å². The Kier molecular flexibility index (Phi) is 5.65. The molecule has 1 saturated heterocycles. The minimum Gasteiger partial charge on any atom is -0.481 e. The molecule has 0 aromatic carbocycles. The highest BCUT2D eigenvalue weighted by Gasteiger charge is 2.25. The summed E-state index contributed by atoms with van der Waals surface area (Å²) < 4.78 is 5.28. The smallest absolute Gasteiger partial charge is 0.306 e. The van der Waals surface area contributed by atoms with Gasteiger partial charge in [0.25, 0.3) is 0 Å². The van der Waals surface area contributed by atoms with Crippen molar-refractivity contribution in [3.8, 4) is 0 Å². The first-order valence-corrected chi connectivity index (χ1v) is 5.56. The number of carbonyl (C=O) groups is 2. The molecule has 2 N–H and O–H groups in total. The molecule has 0 bridgehead atoms. The van der Waals surface area contributed by atoms with Crippen LogP contribution in [0.3, 0.4) is 0 Å². The molecular weight excluding hydrogens is 224 g/mol. The SMILES string of the molecule is C=CCNCC(=O)N1CCOC(CC(=O)O)C1. The number of carbonyl (C=O) groups excluding carboxylic acids is 1. The lowest BCUT2D eigenvalue weighted by atomic mass is 10.2. The Hall–Kier alpha value is -1.40. The molecule has 1 aliphatic heterocycles. The number of carboxylic acids is 1. The van der Waals surface area contributed by atoms with Crippen LogP contribution in [0, 0.1) is 0 Å². The molecule has 0 aromatic rings. The number of rotatable bonds is 6. The minimum absolute atomic E-state index is 0.0365. The zero-order valence-corrected chi connectivity index (χ0v) is 9.72. The highest BCUT2D eigenvalue weighted by molar-refractivity contribution is 5.78. The Bertz CT molecular complexity index is 293. The fourth-order valence-electron chi connectivity index (χ4n) is 1.66. The van der Waals surface area contributed by atoms with Gasteiger partial charge in [0.15, 0.2) is 0 Å². The second-order valence-electron chi connectivity index (χ2n) is 3.85. The molecule has 1 heterocycles. The van der Waals surface area contributed by atoms with Gasteiger partial charge in [-0.3, -0.25) is 9.59 Å². The maximum Gasteiger partial charge on any atom is 0.306 e. The summed E-state index contributed by atoms with van der Waals surface area (Å²) in [5.74, 6) is -0.945. The van der Waals surface area contributed by atoms with Crippen LogP contribution in [0.5, 0.6) is 0 Å². The molecule has 0 radical (unpaired) electrons. The Morgan fingerprint density at radius 2 is 2.35 bits per heavy atom. The molecule has 0 saturated carbocycles. The average Bonchev–Trinajstić information content (AvgIpc) is 2.28. The largest absolute Gasteiger partial charge is 0.481 e. The third kappa shape index (κ3) is 4.97. The van der Waals surface area contributed by atoms with E-state index in [0.29, 0.717) is 26.2 Å². The first-order valence-electron chi connectivity index (χ1n) is 5.56. The maximum atomic E-state index is 11.7. The number of amides is 1. The summed E-state index contributed by atoms with van der Waals surface area (Å²) in [6.07, 6.45) is 1.22. The monoisotopic (exact) mass is 242 g/mol. The van der Waals surface area contributed by atoms with E-state index in [1.54, 1.807) is 11.0 Å². The summed E-state index contributed by atoms with van der Waals surface area (Å²) in [6, 6.07) is 0. The standard InChI is InChI=1S/C11H18N2O4/c1-2-3-12-7-10(14)13-4-5-17-9(8-13)6-11(15)16/h2,9,12H,1,3-8H2,(H,15,16). The van der Waals surface area contributed by atoms with Crippen molar-refractivity contribution in [2.45, 2.75) is 12.5 Å². The Morgan fingerprint density at radius 3 is 3.00 bits per heavy atom. The van der Waals surface area contributed by atoms with Crippen LogP contribution in [0.4, 0.5) is 0 Å². The summed E-state index contributed by atoms with van der Waals surface area (Å²) in [5, 5.41) is 11.6. The lowest BCUT2D eigenvalue weighted by Crippen LogP contribution is -2.48. The van der Waals surface area contributed by atoms with E-state index in [9.17, 15) is 9.59 Å². The molecule has 1 rings (SSSR count). The van der Waals surface area contributed by atoms with Gasteiger partial charge in [0.2, 0.25) is 5.91 Å². The number of carboxylic acid groups (broad SMARTS) is 1. The van der Waals surface area contributed by atoms with E-state index in [2.05, 4.69) is 11.9 Å². The van der Waals surface area contributed by atoms with E-state index >= 15 is 0 Å². The van der Waals surface area contributed by atoms with Crippen molar-refractivity contribution in [1.82, 2.24) is 10.2 Å². The summed E-state index contributed by atoms with van der Waals surface area (Å²) in [5.41, 5.74) is 0. The summed E-state index contributed by atoms with van der Waals surface area (Å²) in [6.45, 7) is 5.62. The van der Waals surface area contributed by atoms with Gasteiger partial charge < -0.3 is 20.1 Å². The third-order valence-corrected chi connectivity index (χ3v) is 2.46. The molecule has 1 amide bonds. The fraction of sp³-hybridized carbons (Fsp3) is 0.636. The van der Waals surface area contributed by atoms with Gasteiger partial charge in [0.1, 0.15) is 0 Å². The van der Waals surface area contributed by atoms with Crippen molar-refractivity contribution < 1.29 is 19.4 Å². The highest BCUT2D eigenvalue weighted by atomic mass is 16.5. The summed E-state index contributed by atoms with van der Waals surface area (Å²) in [7, 11) is 0. The molecule has 0 spiro atoms. The molecule has 0 aromatic heterocycles. The van der Waals surface area contributed by atoms with Crippen molar-refractivity contribution in [1.29, 1.82) is 0 Å². The topological polar surface area (TPSA) is 78.9 Å². The van der Waals surface area contributed by atoms with E-state index in [4.69, 9.17) is 9.84 Å². The number of hydrogen-bond donors (Lipinski definition) is 2. The Balaban J connectivity index is 2.34. The number of nitrogens with zero attached hydrogens (tertiary/aromatic N) is 1. The maximum absolute atomic E-state index is 11.7. The second-order valence-corrected chi connectivity index (χ2v) is 3.85. The van der Waals surface area contributed by atoms with E-state index in [1.165, 1.54) is 0 Å². The van der Waals surface area contributed by atoms with Gasteiger partial charge in [-0.2, -0.15) is 0 Å². The van der Waals surface area contributed by atoms with E-state index in [-0.39, 0.29) is 18.9 Å². The van der Waals surface area contributed by atoms with Crippen LogP contribution in [-0.4, -0.2) is 60.8 Å². The molecule has 1 aliphatic rings. The molecule has 6 heteroatoms. The normalized spacial score (nSPS) is 20.0. The molecule has 96 valence electrons. The summed E-state index contributed by atoms with van der Waals surface area (Å²) in [4.78, 5) is 23.9. The van der Waals surface area contributed by atoms with Crippen LogP contribution in [-0.2, 0) is 14.3 Å². The van der Waals surface area contributed by atoms with Crippen molar-refractivity contribution in [2.24, 2.45) is 0 Å². The van der Waals surface area contributed by atoms with Crippen molar-refractivity contribution in [2.75, 3.05) is 32.8 Å². The van der Waals surface area contributed by atoms with Crippen molar-refractivity contribution in [3.63, 3.8) is 0 Å². The zero-order valence-electron chi connectivity index (χ0n) is 9.72. The predicted molar refractivity (Wildman–Crippen MR) is 61.6 cm³/mol. The summed E-state index contributed by atoms with van der Waals surface area (Å²) >= 11 is 0. The van der Waals surface area contributed by atoms with E-state index < -0.39 is 12.1 Å². The van der Waals surface area contributed by atoms with Gasteiger partial charge in [0, 0.05) is 19.6 Å². The van der Waals surface area contributed by atoms with Crippen LogP contribution in [0.2, 0.25) is 0 Å². The number of aliphatic carboxylic acids is 1. The second kappa shape index (κ2) is 7.03. The lowest BCUT2D eigenvalue weighted by molar-refractivity contribution is -0.147. The quantitative estimate of drug-likeness (QED) is 0.483.